The van der Waals surface area contributed by atoms with Crippen LogP contribution in [0.15, 0.2) is 65.1 Å². The second-order valence-electron chi connectivity index (χ2n) is 5.35. The summed E-state index contributed by atoms with van der Waals surface area (Å²) in [6, 6.07) is 16.6. The summed E-state index contributed by atoms with van der Waals surface area (Å²) in [4.78, 5) is 22.9. The number of rotatable bonds is 4. The first kappa shape index (κ1) is 19.0. The molecule has 2 aromatic carbocycles. The third kappa shape index (κ3) is 4.68. The van der Waals surface area contributed by atoms with Gasteiger partial charge >= 0.3 is 0 Å². The summed E-state index contributed by atoms with van der Waals surface area (Å²) in [5.74, 6) is -0.332. The Hall–Kier alpha value is -2.79. The second-order valence-corrected chi connectivity index (χ2v) is 7.01. The number of amides is 1. The largest absolute Gasteiger partial charge is 0.451 e. The number of hydrogen-bond donors (Lipinski definition) is 2. The number of halogens is 1. The molecule has 0 saturated carbocycles. The Balaban J connectivity index is 1.71. The van der Waals surface area contributed by atoms with Gasteiger partial charge in [0.25, 0.3) is 11.6 Å². The number of carbonyl (C=O) groups excluding carboxylic acids is 1. The summed E-state index contributed by atoms with van der Waals surface area (Å²) in [7, 11) is 0. The summed E-state index contributed by atoms with van der Waals surface area (Å²) < 4.78 is 6.56. The molecule has 3 rings (SSSR count). The van der Waals surface area contributed by atoms with E-state index in [1.54, 1.807) is 18.2 Å². The van der Waals surface area contributed by atoms with Crippen LogP contribution in [0.25, 0.3) is 11.3 Å². The highest BCUT2D eigenvalue weighted by Gasteiger charge is 2.19. The van der Waals surface area contributed by atoms with Crippen LogP contribution in [0.1, 0.15) is 10.6 Å². The first-order valence-corrected chi connectivity index (χ1v) is 9.14. The molecule has 0 saturated heterocycles. The standard InChI is InChI=1S/C18H12IN3O4S/c19-11-5-7-12(8-6-11)20-18(27)21-17(23)16-10-9-15(26-16)13-3-1-2-4-14(13)22(24)25/h1-10H,(H2,20,21,23,27). The minimum Gasteiger partial charge on any atom is -0.451 e. The van der Waals surface area contributed by atoms with Crippen LogP contribution in [0.4, 0.5) is 11.4 Å². The molecule has 0 unspecified atom stereocenters. The van der Waals surface area contributed by atoms with E-state index in [0.29, 0.717) is 5.56 Å². The fourth-order valence-electron chi connectivity index (χ4n) is 2.31. The van der Waals surface area contributed by atoms with Gasteiger partial charge in [-0.25, -0.2) is 0 Å². The molecule has 0 aliphatic heterocycles. The number of carbonyl (C=O) groups is 1. The molecule has 2 N–H and O–H groups in total. The number of para-hydroxylation sites is 1. The third-order valence-electron chi connectivity index (χ3n) is 3.53. The van der Waals surface area contributed by atoms with Crippen molar-refractivity contribution in [2.45, 2.75) is 0 Å². The summed E-state index contributed by atoms with van der Waals surface area (Å²) in [5, 5.41) is 16.7. The highest BCUT2D eigenvalue weighted by atomic mass is 127. The summed E-state index contributed by atoms with van der Waals surface area (Å²) in [6.07, 6.45) is 0. The summed E-state index contributed by atoms with van der Waals surface area (Å²) in [5.41, 5.74) is 0.927. The van der Waals surface area contributed by atoms with E-state index in [4.69, 9.17) is 16.6 Å². The lowest BCUT2D eigenvalue weighted by molar-refractivity contribution is -0.384. The third-order valence-corrected chi connectivity index (χ3v) is 4.45. The Morgan fingerprint density at radius 1 is 1.07 bits per heavy atom. The molecule has 0 aliphatic rings. The maximum Gasteiger partial charge on any atom is 0.293 e. The number of nitrogens with one attached hydrogen (secondary N) is 2. The molecule has 27 heavy (non-hydrogen) atoms. The number of thiocarbonyl (C=S) groups is 1. The Bertz CT molecular complexity index is 1020. The molecular weight excluding hydrogens is 481 g/mol. The van der Waals surface area contributed by atoms with E-state index in [1.165, 1.54) is 18.2 Å². The second kappa shape index (κ2) is 8.27. The zero-order chi connectivity index (χ0) is 19.4. The van der Waals surface area contributed by atoms with E-state index in [1.807, 2.05) is 24.3 Å². The van der Waals surface area contributed by atoms with Gasteiger partial charge in [0.05, 0.1) is 10.5 Å². The lowest BCUT2D eigenvalue weighted by Gasteiger charge is -2.08. The van der Waals surface area contributed by atoms with Crippen molar-refractivity contribution < 1.29 is 14.1 Å². The topological polar surface area (TPSA) is 97.4 Å². The highest BCUT2D eigenvalue weighted by Crippen LogP contribution is 2.30. The predicted octanol–water partition coefficient (Wildman–Crippen LogP) is 4.59. The Morgan fingerprint density at radius 3 is 2.48 bits per heavy atom. The lowest BCUT2D eigenvalue weighted by atomic mass is 10.1. The number of furan rings is 1. The first-order chi connectivity index (χ1) is 12.9. The number of nitro benzene ring substituents is 1. The molecule has 0 spiro atoms. The molecule has 0 atom stereocenters. The zero-order valence-electron chi connectivity index (χ0n) is 13.6. The van der Waals surface area contributed by atoms with Crippen molar-refractivity contribution in [3.63, 3.8) is 0 Å². The normalized spacial score (nSPS) is 10.3. The average Bonchev–Trinajstić information content (AvgIpc) is 3.14. The van der Waals surface area contributed by atoms with E-state index in [2.05, 4.69) is 33.2 Å². The summed E-state index contributed by atoms with van der Waals surface area (Å²) in [6.45, 7) is 0. The van der Waals surface area contributed by atoms with E-state index in [9.17, 15) is 14.9 Å². The van der Waals surface area contributed by atoms with Gasteiger partial charge in [0.2, 0.25) is 0 Å². The van der Waals surface area contributed by atoms with Crippen molar-refractivity contribution in [2.75, 3.05) is 5.32 Å². The number of anilines is 1. The van der Waals surface area contributed by atoms with Crippen molar-refractivity contribution in [1.29, 1.82) is 0 Å². The smallest absolute Gasteiger partial charge is 0.293 e. The van der Waals surface area contributed by atoms with Crippen molar-refractivity contribution in [1.82, 2.24) is 5.32 Å². The van der Waals surface area contributed by atoms with Crippen LogP contribution in [0, 0.1) is 13.7 Å². The van der Waals surface area contributed by atoms with Gasteiger partial charge < -0.3 is 9.73 Å². The van der Waals surface area contributed by atoms with Crippen molar-refractivity contribution in [2.24, 2.45) is 0 Å². The SMILES string of the molecule is O=C(NC(=S)Nc1ccc(I)cc1)c1ccc(-c2ccccc2[N+](=O)[O-])o1. The average molecular weight is 493 g/mol. The molecule has 136 valence electrons. The van der Waals surface area contributed by atoms with Crippen LogP contribution in [0.5, 0.6) is 0 Å². The number of hydrogen-bond acceptors (Lipinski definition) is 5. The van der Waals surface area contributed by atoms with Gasteiger partial charge in [0, 0.05) is 15.3 Å². The van der Waals surface area contributed by atoms with Gasteiger partial charge in [0.15, 0.2) is 10.9 Å². The van der Waals surface area contributed by atoms with E-state index in [-0.39, 0.29) is 22.3 Å². The van der Waals surface area contributed by atoms with Gasteiger partial charge in [0.1, 0.15) is 5.76 Å². The van der Waals surface area contributed by atoms with Crippen LogP contribution in [-0.4, -0.2) is 15.9 Å². The zero-order valence-corrected chi connectivity index (χ0v) is 16.6. The predicted molar refractivity (Wildman–Crippen MR) is 114 cm³/mol. The number of nitrogens with zero attached hydrogens (tertiary/aromatic N) is 1. The van der Waals surface area contributed by atoms with Crippen LogP contribution < -0.4 is 10.6 Å². The molecule has 0 radical (unpaired) electrons. The molecule has 0 bridgehead atoms. The maximum atomic E-state index is 12.3. The van der Waals surface area contributed by atoms with Gasteiger partial charge in [-0.15, -0.1) is 0 Å². The Kier molecular flexibility index (Phi) is 5.81. The number of benzene rings is 2. The van der Waals surface area contributed by atoms with E-state index < -0.39 is 10.8 Å². The minimum atomic E-state index is -0.553. The number of nitro groups is 1. The molecule has 1 aromatic heterocycles. The van der Waals surface area contributed by atoms with Crippen LogP contribution in [0.3, 0.4) is 0 Å². The Morgan fingerprint density at radius 2 is 1.78 bits per heavy atom. The van der Waals surface area contributed by atoms with Gasteiger partial charge in [-0.1, -0.05) is 12.1 Å². The van der Waals surface area contributed by atoms with Crippen molar-refractivity contribution in [3.05, 3.63) is 80.1 Å². The fourth-order valence-corrected chi connectivity index (χ4v) is 2.88. The fraction of sp³-hybridized carbons (Fsp3) is 0. The first-order valence-electron chi connectivity index (χ1n) is 7.65. The summed E-state index contributed by atoms with van der Waals surface area (Å²) >= 11 is 7.31. The molecule has 0 fully saturated rings. The van der Waals surface area contributed by atoms with Crippen molar-refractivity contribution in [3.8, 4) is 11.3 Å². The maximum absolute atomic E-state index is 12.3. The van der Waals surface area contributed by atoms with E-state index in [0.717, 1.165) is 9.26 Å². The Labute approximate surface area is 173 Å². The van der Waals surface area contributed by atoms with Crippen LogP contribution >= 0.6 is 34.8 Å². The molecule has 7 nitrogen and oxygen atoms in total. The molecule has 3 aromatic rings. The van der Waals surface area contributed by atoms with Crippen LogP contribution in [-0.2, 0) is 0 Å². The molecule has 9 heteroatoms. The van der Waals surface area contributed by atoms with E-state index >= 15 is 0 Å². The monoisotopic (exact) mass is 493 g/mol. The molecular formula is C18H12IN3O4S. The highest BCUT2D eigenvalue weighted by molar-refractivity contribution is 14.1. The minimum absolute atomic E-state index is 0.00471. The quantitative estimate of drug-likeness (QED) is 0.239. The van der Waals surface area contributed by atoms with Gasteiger partial charge in [-0.2, -0.15) is 0 Å². The molecule has 1 amide bonds. The van der Waals surface area contributed by atoms with Gasteiger partial charge in [-0.3, -0.25) is 20.2 Å². The lowest BCUT2D eigenvalue weighted by Crippen LogP contribution is -2.33. The molecule has 1 heterocycles. The molecule has 0 aliphatic carbocycles. The van der Waals surface area contributed by atoms with Crippen molar-refractivity contribution >= 4 is 57.2 Å². The van der Waals surface area contributed by atoms with Crippen LogP contribution in [0.2, 0.25) is 0 Å². The van der Waals surface area contributed by atoms with Gasteiger partial charge in [-0.05, 0) is 77.3 Å².